The van der Waals surface area contributed by atoms with Crippen molar-refractivity contribution >= 4 is 50.1 Å². The highest BCUT2D eigenvalue weighted by Gasteiger charge is 2.63. The number of rotatable bonds is 9. The van der Waals surface area contributed by atoms with Gasteiger partial charge in [-0.25, -0.2) is 23.2 Å². The second-order valence-corrected chi connectivity index (χ2v) is 18.1. The third-order valence-corrected chi connectivity index (χ3v) is 14.0. The van der Waals surface area contributed by atoms with E-state index >= 15 is 0 Å². The fourth-order valence-corrected chi connectivity index (χ4v) is 9.16. The Hall–Kier alpha value is -4.24. The van der Waals surface area contributed by atoms with Crippen LogP contribution in [0.1, 0.15) is 70.9 Å². The van der Waals surface area contributed by atoms with Crippen molar-refractivity contribution in [1.82, 2.24) is 29.8 Å². The van der Waals surface area contributed by atoms with Crippen LogP contribution in [0.15, 0.2) is 41.8 Å². The van der Waals surface area contributed by atoms with Crippen LogP contribution in [0.4, 0.5) is 4.79 Å². The van der Waals surface area contributed by atoms with E-state index in [-0.39, 0.29) is 43.2 Å². The minimum absolute atomic E-state index is 0.126. The highest BCUT2D eigenvalue weighted by molar-refractivity contribution is 7.91. The quantitative estimate of drug-likeness (QED) is 0.292. The van der Waals surface area contributed by atoms with Gasteiger partial charge in [-0.3, -0.25) is 14.3 Å². The number of methoxy groups -OCH3 is 1. The predicted molar refractivity (Wildman–Crippen MR) is 198 cm³/mol. The number of hydrogen-bond acceptors (Lipinski definition) is 10. The first-order chi connectivity index (χ1) is 24.7. The molecule has 1 aromatic carbocycles. The lowest BCUT2D eigenvalue weighted by Crippen LogP contribution is -2.69. The van der Waals surface area contributed by atoms with E-state index in [1.54, 1.807) is 26.0 Å². The number of fused-ring (bicyclic) bond motifs is 3. The first-order valence-electron chi connectivity index (χ1n) is 17.9. The Morgan fingerprint density at radius 1 is 1.17 bits per heavy atom. The number of ether oxygens (including phenoxy) is 2. The van der Waals surface area contributed by atoms with Gasteiger partial charge < -0.3 is 24.6 Å². The molecule has 3 aromatic rings. The van der Waals surface area contributed by atoms with Crippen molar-refractivity contribution in [3.8, 4) is 22.2 Å². The van der Waals surface area contributed by atoms with Gasteiger partial charge >= 0.3 is 6.03 Å². The molecule has 278 valence electrons. The number of thiazole rings is 1. The van der Waals surface area contributed by atoms with E-state index in [0.29, 0.717) is 41.6 Å². The van der Waals surface area contributed by atoms with Gasteiger partial charge in [0.1, 0.15) is 33.8 Å². The number of allylic oxidation sites excluding steroid dienone is 1. The molecule has 15 heteroatoms. The van der Waals surface area contributed by atoms with Crippen LogP contribution in [-0.2, 0) is 19.6 Å². The Bertz CT molecular complexity index is 2040. The summed E-state index contributed by atoms with van der Waals surface area (Å²) < 4.78 is 39.2. The summed E-state index contributed by atoms with van der Waals surface area (Å²) in [6, 6.07) is 6.11. The lowest BCUT2D eigenvalue weighted by molar-refractivity contribution is -0.143. The van der Waals surface area contributed by atoms with Gasteiger partial charge in [0.2, 0.25) is 15.9 Å². The number of nitrogens with one attached hydrogen (secondary N) is 2. The van der Waals surface area contributed by atoms with Crippen molar-refractivity contribution in [1.29, 1.82) is 0 Å². The Kier molecular flexibility index (Phi) is 9.47. The van der Waals surface area contributed by atoms with Gasteiger partial charge in [-0.05, 0) is 69.6 Å². The van der Waals surface area contributed by atoms with Crippen LogP contribution in [0, 0.1) is 11.8 Å². The van der Waals surface area contributed by atoms with Gasteiger partial charge in [0.25, 0.3) is 5.91 Å². The number of carbonyl (C=O) groups excluding carboxylic acids is 3. The number of sulfonamides is 1. The molecule has 2 aliphatic carbocycles. The highest BCUT2D eigenvalue weighted by Crippen LogP contribution is 2.48. The standard InChI is InChI=1S/C37H46N6O7S2/c1-22(2)28-21-51-32(39-28)30-29(16-23-11-12-26(49-5)17-27(23)38-30)50-20-24-19-43-31(24)33(44)42(4)15-9-7-6-8-10-25-18-37(25,40-35(43)46)34(45)41-52(47,48)36(3)13-14-36/h8,10-12,16-17,21-22,24-25,31H,6-7,9,13-15,18-20H2,1-5H3,(H,40,46)(H,41,45)/b10-8+/t24-,25-,31+,37-/m1/s1. The van der Waals surface area contributed by atoms with Gasteiger partial charge in [0, 0.05) is 48.8 Å². The average molecular weight is 751 g/mol. The van der Waals surface area contributed by atoms with Gasteiger partial charge in [-0.15, -0.1) is 11.3 Å². The van der Waals surface area contributed by atoms with E-state index in [1.807, 2.05) is 41.8 Å². The molecule has 52 heavy (non-hydrogen) atoms. The van der Waals surface area contributed by atoms with Gasteiger partial charge in [0.15, 0.2) is 0 Å². The summed E-state index contributed by atoms with van der Waals surface area (Å²) in [4.78, 5) is 54.4. The zero-order valence-corrected chi connectivity index (χ0v) is 31.8. The SMILES string of the molecule is COc1ccc2cc(OC[C@H]3CN4C(=O)N[C@]5(C(=O)NS(=O)(=O)C6(C)CC6)C[C@H]5/C=C/CCCCN(C)C(=O)[C@H]34)c(-c3nc(C(C)C)cs3)nc2c1. The zero-order chi connectivity index (χ0) is 37.0. The van der Waals surface area contributed by atoms with E-state index < -0.39 is 38.3 Å². The Morgan fingerprint density at radius 3 is 2.67 bits per heavy atom. The number of nitrogens with zero attached hydrogens (tertiary/aromatic N) is 4. The van der Waals surface area contributed by atoms with Crippen molar-refractivity contribution in [3.05, 3.63) is 47.5 Å². The van der Waals surface area contributed by atoms with Crippen LogP contribution >= 0.6 is 11.3 Å². The molecule has 2 aliphatic heterocycles. The maximum absolute atomic E-state index is 14.0. The molecule has 0 spiro atoms. The Balaban J connectivity index is 1.14. The summed E-state index contributed by atoms with van der Waals surface area (Å²) in [6.45, 7) is 6.63. The van der Waals surface area contributed by atoms with Crippen molar-refractivity contribution in [2.45, 2.75) is 81.5 Å². The lowest BCUT2D eigenvalue weighted by Gasteiger charge is -2.48. The molecule has 0 bridgehead atoms. The number of hydrogen-bond donors (Lipinski definition) is 2. The van der Waals surface area contributed by atoms with Gasteiger partial charge in [-0.2, -0.15) is 0 Å². The van der Waals surface area contributed by atoms with Crippen LogP contribution in [-0.4, -0.2) is 96.2 Å². The summed E-state index contributed by atoms with van der Waals surface area (Å²) >= 11 is 1.49. The van der Waals surface area contributed by atoms with Crippen LogP contribution in [0.5, 0.6) is 11.5 Å². The molecule has 2 aromatic heterocycles. The van der Waals surface area contributed by atoms with Crippen LogP contribution in [0.2, 0.25) is 0 Å². The molecular formula is C37H46N6O7S2. The number of amides is 4. The van der Waals surface area contributed by atoms with Crippen LogP contribution in [0.25, 0.3) is 21.6 Å². The predicted octanol–water partition coefficient (Wildman–Crippen LogP) is 4.83. The summed E-state index contributed by atoms with van der Waals surface area (Å²) in [7, 11) is -0.576. The summed E-state index contributed by atoms with van der Waals surface area (Å²) in [5.41, 5.74) is 0.833. The number of carbonyl (C=O) groups is 3. The molecule has 4 amide bonds. The van der Waals surface area contributed by atoms with Crippen molar-refractivity contribution in [2.24, 2.45) is 11.8 Å². The second-order valence-electron chi connectivity index (χ2n) is 15.1. The molecule has 4 heterocycles. The molecule has 7 rings (SSSR count). The van der Waals surface area contributed by atoms with E-state index in [0.717, 1.165) is 35.9 Å². The molecule has 4 atom stereocenters. The average Bonchev–Trinajstić information content (AvgIpc) is 3.96. The Morgan fingerprint density at radius 2 is 1.96 bits per heavy atom. The zero-order valence-electron chi connectivity index (χ0n) is 30.2. The number of benzene rings is 1. The van der Waals surface area contributed by atoms with E-state index in [1.165, 1.54) is 16.2 Å². The maximum Gasteiger partial charge on any atom is 0.319 e. The third-order valence-electron chi connectivity index (χ3n) is 10.9. The molecule has 0 unspecified atom stereocenters. The van der Waals surface area contributed by atoms with Gasteiger partial charge in [0.05, 0.1) is 29.7 Å². The van der Waals surface area contributed by atoms with E-state index in [2.05, 4.69) is 23.9 Å². The van der Waals surface area contributed by atoms with Crippen molar-refractivity contribution < 1.29 is 32.3 Å². The van der Waals surface area contributed by atoms with Crippen molar-refractivity contribution in [3.63, 3.8) is 0 Å². The number of aromatic nitrogens is 2. The second kappa shape index (κ2) is 13.6. The highest BCUT2D eigenvalue weighted by atomic mass is 32.2. The molecule has 0 radical (unpaired) electrons. The minimum Gasteiger partial charge on any atom is -0.497 e. The maximum atomic E-state index is 14.0. The molecule has 3 fully saturated rings. The first-order valence-corrected chi connectivity index (χ1v) is 20.3. The molecule has 4 aliphatic rings. The normalized spacial score (nSPS) is 26.4. The number of urea groups is 1. The number of pyridine rings is 1. The lowest BCUT2D eigenvalue weighted by atomic mass is 9.88. The van der Waals surface area contributed by atoms with Crippen LogP contribution in [0.3, 0.4) is 0 Å². The van der Waals surface area contributed by atoms with E-state index in [9.17, 15) is 22.8 Å². The fourth-order valence-electron chi connectivity index (χ4n) is 6.88. The van der Waals surface area contributed by atoms with Gasteiger partial charge in [-0.1, -0.05) is 26.0 Å². The minimum atomic E-state index is -3.92. The molecule has 13 nitrogen and oxygen atoms in total. The van der Waals surface area contributed by atoms with Crippen LogP contribution < -0.4 is 19.5 Å². The summed E-state index contributed by atoms with van der Waals surface area (Å²) in [6.07, 6.45) is 7.42. The first kappa shape index (κ1) is 36.1. The third kappa shape index (κ3) is 6.72. The van der Waals surface area contributed by atoms with Crippen molar-refractivity contribution in [2.75, 3.05) is 33.9 Å². The summed E-state index contributed by atoms with van der Waals surface area (Å²) in [5, 5.41) is 6.44. The largest absolute Gasteiger partial charge is 0.497 e. The molecule has 2 saturated carbocycles. The number of likely N-dealkylation sites (N-methyl/N-ethyl adjacent to an activating group) is 1. The summed E-state index contributed by atoms with van der Waals surface area (Å²) in [5.74, 6) is -0.253. The van der Waals surface area contributed by atoms with E-state index in [4.69, 9.17) is 19.4 Å². The fraction of sp³-hybridized carbons (Fsp3) is 0.541. The smallest absolute Gasteiger partial charge is 0.319 e. The monoisotopic (exact) mass is 750 g/mol. The molecule has 1 saturated heterocycles. The topological polar surface area (TPSA) is 160 Å². The molecule has 2 N–H and O–H groups in total. The Labute approximate surface area is 308 Å². The molecular weight excluding hydrogens is 705 g/mol.